The highest BCUT2D eigenvalue weighted by molar-refractivity contribution is 6.30. The molecule has 33 heavy (non-hydrogen) atoms. The molecule has 4 nitrogen and oxygen atoms in total. The summed E-state index contributed by atoms with van der Waals surface area (Å²) >= 11 is 12.5. The van der Waals surface area contributed by atoms with E-state index < -0.39 is 23.1 Å². The number of esters is 1. The molecule has 4 unspecified atom stereocenters. The Morgan fingerprint density at radius 1 is 1.06 bits per heavy atom. The number of carbonyl (C=O) groups is 1. The number of rotatable bonds is 4. The highest BCUT2D eigenvalue weighted by Gasteiger charge is 2.60. The molecule has 0 aromatic heterocycles. The fourth-order valence-corrected chi connectivity index (χ4v) is 5.13. The van der Waals surface area contributed by atoms with Crippen LogP contribution < -0.4 is 5.32 Å². The third-order valence-corrected chi connectivity index (χ3v) is 6.46. The first kappa shape index (κ1) is 25.6. The molecule has 0 spiro atoms. The van der Waals surface area contributed by atoms with Crippen LogP contribution in [0, 0.1) is 22.7 Å². The Balaban J connectivity index is 2.25. The molecule has 1 saturated heterocycles. The van der Waals surface area contributed by atoms with Gasteiger partial charge in [0.15, 0.2) is 0 Å². The maximum absolute atomic E-state index is 13.4. The Morgan fingerprint density at radius 2 is 1.70 bits per heavy atom. The zero-order valence-electron chi connectivity index (χ0n) is 20.1. The molecule has 1 aliphatic heterocycles. The monoisotopic (exact) mass is 486 g/mol. The summed E-state index contributed by atoms with van der Waals surface area (Å²) in [5.41, 5.74) is -0.153. The lowest BCUT2D eigenvalue weighted by molar-refractivity contribution is -0.158. The summed E-state index contributed by atoms with van der Waals surface area (Å²) in [5, 5.41) is 15.5. The summed E-state index contributed by atoms with van der Waals surface area (Å²) < 4.78 is 5.81. The fourth-order valence-electron chi connectivity index (χ4n) is 4.80. The summed E-state index contributed by atoms with van der Waals surface area (Å²) in [4.78, 5) is 13.4. The molecule has 0 amide bonds. The summed E-state index contributed by atoms with van der Waals surface area (Å²) in [5.74, 6) is -0.697. The van der Waals surface area contributed by atoms with Gasteiger partial charge in [-0.1, -0.05) is 68.2 Å². The van der Waals surface area contributed by atoms with Gasteiger partial charge in [0, 0.05) is 16.0 Å². The minimum absolute atomic E-state index is 0.135. The molecular formula is C27H32Cl2N2O2. The highest BCUT2D eigenvalue weighted by Crippen LogP contribution is 2.53. The van der Waals surface area contributed by atoms with E-state index in [0.717, 1.165) is 11.1 Å². The van der Waals surface area contributed by atoms with Crippen molar-refractivity contribution in [2.24, 2.45) is 11.3 Å². The van der Waals surface area contributed by atoms with Crippen LogP contribution in [0.1, 0.15) is 65.1 Å². The quantitative estimate of drug-likeness (QED) is 0.479. The topological polar surface area (TPSA) is 62.1 Å². The van der Waals surface area contributed by atoms with E-state index in [1.807, 2.05) is 51.1 Å². The highest BCUT2D eigenvalue weighted by atomic mass is 35.5. The van der Waals surface area contributed by atoms with E-state index in [0.29, 0.717) is 16.5 Å². The molecule has 2 aromatic rings. The van der Waals surface area contributed by atoms with E-state index in [-0.39, 0.29) is 17.3 Å². The molecule has 0 aliphatic carbocycles. The zero-order chi connectivity index (χ0) is 24.6. The Labute approximate surface area is 207 Å². The fraction of sp³-hybridized carbons (Fsp3) is 0.481. The minimum atomic E-state index is -1.04. The van der Waals surface area contributed by atoms with Crippen molar-refractivity contribution in [1.82, 2.24) is 5.32 Å². The standard InChI is InChI=1S/C27H32Cl2N2O2/c1-25(2,3)15-21-22(24(32)33-26(4,5)6)31-23(17-8-7-9-20(29)14-17)27(21,16-30)18-10-12-19(28)13-11-18/h7-14,21-23,31H,15H2,1-6H3. The van der Waals surface area contributed by atoms with Crippen molar-refractivity contribution in [3.05, 3.63) is 69.7 Å². The number of nitrogens with one attached hydrogen (secondary N) is 1. The number of hydrogen-bond donors (Lipinski definition) is 1. The summed E-state index contributed by atoms with van der Waals surface area (Å²) in [6.45, 7) is 11.9. The third kappa shape index (κ3) is 5.54. The predicted molar refractivity (Wildman–Crippen MR) is 133 cm³/mol. The maximum atomic E-state index is 13.4. The van der Waals surface area contributed by atoms with Crippen LogP contribution in [0.15, 0.2) is 48.5 Å². The van der Waals surface area contributed by atoms with Gasteiger partial charge in [-0.05, 0) is 68.0 Å². The van der Waals surface area contributed by atoms with E-state index in [1.54, 1.807) is 18.2 Å². The number of nitrogens with zero attached hydrogens (tertiary/aromatic N) is 1. The van der Waals surface area contributed by atoms with Crippen LogP contribution in [0.3, 0.4) is 0 Å². The van der Waals surface area contributed by atoms with E-state index >= 15 is 0 Å². The van der Waals surface area contributed by atoms with Gasteiger partial charge in [-0.3, -0.25) is 10.1 Å². The summed E-state index contributed by atoms with van der Waals surface area (Å²) in [7, 11) is 0. The second-order valence-electron chi connectivity index (χ2n) is 11.0. The zero-order valence-corrected chi connectivity index (χ0v) is 21.6. The molecule has 3 rings (SSSR count). The molecule has 176 valence electrons. The average Bonchev–Trinajstić information content (AvgIpc) is 3.01. The minimum Gasteiger partial charge on any atom is -0.459 e. The van der Waals surface area contributed by atoms with Gasteiger partial charge >= 0.3 is 5.97 Å². The molecule has 1 heterocycles. The summed E-state index contributed by atoms with van der Waals surface area (Å²) in [6, 6.07) is 16.3. The first-order valence-electron chi connectivity index (χ1n) is 11.2. The number of nitriles is 1. The van der Waals surface area contributed by atoms with Gasteiger partial charge in [0.05, 0.1) is 12.1 Å². The maximum Gasteiger partial charge on any atom is 0.324 e. The van der Waals surface area contributed by atoms with Crippen LogP contribution in [0.5, 0.6) is 0 Å². The number of carbonyl (C=O) groups excluding carboxylic acids is 1. The van der Waals surface area contributed by atoms with Crippen molar-refractivity contribution < 1.29 is 9.53 Å². The third-order valence-electron chi connectivity index (χ3n) is 5.97. The normalized spacial score (nSPS) is 25.5. The molecule has 1 N–H and O–H groups in total. The van der Waals surface area contributed by atoms with Gasteiger partial charge in [0.1, 0.15) is 17.1 Å². The van der Waals surface area contributed by atoms with Crippen LogP contribution in [-0.4, -0.2) is 17.6 Å². The van der Waals surface area contributed by atoms with E-state index in [4.69, 9.17) is 27.9 Å². The smallest absolute Gasteiger partial charge is 0.324 e. The Morgan fingerprint density at radius 3 is 2.21 bits per heavy atom. The molecule has 0 bridgehead atoms. The van der Waals surface area contributed by atoms with E-state index in [9.17, 15) is 10.1 Å². The van der Waals surface area contributed by atoms with Crippen LogP contribution in [0.2, 0.25) is 10.0 Å². The Bertz CT molecular complexity index is 1050. The first-order valence-corrected chi connectivity index (χ1v) is 11.9. The molecule has 6 heteroatoms. The van der Waals surface area contributed by atoms with Gasteiger partial charge in [-0.15, -0.1) is 0 Å². The van der Waals surface area contributed by atoms with E-state index in [1.165, 1.54) is 0 Å². The lowest BCUT2D eigenvalue weighted by Crippen LogP contribution is -2.44. The number of benzene rings is 2. The Hall–Kier alpha value is -2.06. The molecule has 0 saturated carbocycles. The van der Waals surface area contributed by atoms with Crippen molar-refractivity contribution in [2.45, 2.75) is 71.1 Å². The van der Waals surface area contributed by atoms with Crippen LogP contribution in [-0.2, 0) is 14.9 Å². The van der Waals surface area contributed by atoms with Crippen molar-refractivity contribution in [2.75, 3.05) is 0 Å². The molecule has 1 fully saturated rings. The van der Waals surface area contributed by atoms with Crippen molar-refractivity contribution >= 4 is 29.2 Å². The van der Waals surface area contributed by atoms with Crippen LogP contribution in [0.25, 0.3) is 0 Å². The lowest BCUT2D eigenvalue weighted by atomic mass is 9.62. The Kier molecular flexibility index (Phi) is 7.20. The first-order chi connectivity index (χ1) is 15.3. The van der Waals surface area contributed by atoms with Crippen molar-refractivity contribution in [1.29, 1.82) is 5.26 Å². The predicted octanol–water partition coefficient (Wildman–Crippen LogP) is 6.86. The van der Waals surface area contributed by atoms with Gasteiger partial charge in [-0.25, -0.2) is 0 Å². The van der Waals surface area contributed by atoms with Gasteiger partial charge < -0.3 is 4.74 Å². The largest absolute Gasteiger partial charge is 0.459 e. The second kappa shape index (κ2) is 9.29. The van der Waals surface area contributed by atoms with Crippen molar-refractivity contribution in [3.8, 4) is 6.07 Å². The lowest BCUT2D eigenvalue weighted by Gasteiger charge is -2.38. The number of ether oxygens (including phenoxy) is 1. The van der Waals surface area contributed by atoms with Gasteiger partial charge in [-0.2, -0.15) is 5.26 Å². The molecule has 1 aliphatic rings. The molecule has 2 aromatic carbocycles. The molecule has 0 radical (unpaired) electrons. The average molecular weight is 487 g/mol. The number of hydrogen-bond acceptors (Lipinski definition) is 4. The van der Waals surface area contributed by atoms with Crippen LogP contribution >= 0.6 is 23.2 Å². The SMILES string of the molecule is CC(C)(C)CC1C(C(=O)OC(C)(C)C)NC(c2cccc(Cl)c2)C1(C#N)c1ccc(Cl)cc1. The van der Waals surface area contributed by atoms with E-state index in [2.05, 4.69) is 32.2 Å². The van der Waals surface area contributed by atoms with Crippen LogP contribution in [0.4, 0.5) is 0 Å². The summed E-state index contributed by atoms with van der Waals surface area (Å²) in [6.07, 6.45) is 0.636. The number of halogens is 2. The van der Waals surface area contributed by atoms with Gasteiger partial charge in [0.25, 0.3) is 0 Å². The molecular weight excluding hydrogens is 455 g/mol. The van der Waals surface area contributed by atoms with Crippen molar-refractivity contribution in [3.63, 3.8) is 0 Å². The second-order valence-corrected chi connectivity index (χ2v) is 11.9. The molecule has 4 atom stereocenters. The van der Waals surface area contributed by atoms with Gasteiger partial charge in [0.2, 0.25) is 0 Å².